The second kappa shape index (κ2) is 7.66. The monoisotopic (exact) mass is 313 g/mol. The van der Waals surface area contributed by atoms with E-state index in [1.54, 1.807) is 12.1 Å². The molecule has 6 heteroatoms. The van der Waals surface area contributed by atoms with Gasteiger partial charge in [-0.15, -0.1) is 0 Å². The zero-order valence-electron chi connectivity index (χ0n) is 13.3. The lowest BCUT2D eigenvalue weighted by atomic mass is 10.0. The van der Waals surface area contributed by atoms with E-state index >= 15 is 0 Å². The van der Waals surface area contributed by atoms with Gasteiger partial charge in [0, 0.05) is 11.7 Å². The molecule has 1 atom stereocenters. The van der Waals surface area contributed by atoms with Crippen LogP contribution in [0, 0.1) is 5.92 Å². The highest BCUT2D eigenvalue weighted by atomic mass is 32.2. The minimum atomic E-state index is -3.52. The van der Waals surface area contributed by atoms with Crippen LogP contribution in [-0.4, -0.2) is 21.5 Å². The van der Waals surface area contributed by atoms with Gasteiger partial charge in [-0.25, -0.2) is 13.1 Å². The third kappa shape index (κ3) is 5.55. The third-order valence-corrected chi connectivity index (χ3v) is 4.84. The van der Waals surface area contributed by atoms with Crippen LogP contribution in [0.2, 0.25) is 0 Å². The Balaban J connectivity index is 2.84. The van der Waals surface area contributed by atoms with Gasteiger partial charge in [-0.3, -0.25) is 0 Å². The number of sulfonamides is 1. The largest absolute Gasteiger partial charge is 0.399 e. The molecule has 1 unspecified atom stereocenters. The predicted molar refractivity (Wildman–Crippen MR) is 88.9 cm³/mol. The molecule has 0 aromatic heterocycles. The lowest BCUT2D eigenvalue weighted by molar-refractivity contribution is 0.520. The molecular formula is C15H27N3O2S. The standard InChI is InChI=1S/C15H27N3O2S/c1-11(2)6-5-7-12(3)18-14-9-8-13(16)10-15(14)21(19,20)17-4/h8-12,17-18H,5-7,16H2,1-4H3. The number of benzene rings is 1. The van der Waals surface area contributed by atoms with Crippen LogP contribution in [0.5, 0.6) is 0 Å². The van der Waals surface area contributed by atoms with Crippen molar-refractivity contribution in [2.75, 3.05) is 18.1 Å². The predicted octanol–water partition coefficient (Wildman–Crippen LogP) is 2.80. The lowest BCUT2D eigenvalue weighted by Gasteiger charge is -2.18. The Bertz CT molecular complexity index is 556. The van der Waals surface area contributed by atoms with Crippen LogP contribution in [0.4, 0.5) is 11.4 Å². The molecule has 5 nitrogen and oxygen atoms in total. The van der Waals surface area contributed by atoms with Gasteiger partial charge in [-0.05, 0) is 44.5 Å². The van der Waals surface area contributed by atoms with E-state index in [4.69, 9.17) is 5.73 Å². The fourth-order valence-electron chi connectivity index (χ4n) is 2.16. The van der Waals surface area contributed by atoms with Gasteiger partial charge in [-0.1, -0.05) is 26.7 Å². The minimum Gasteiger partial charge on any atom is -0.399 e. The first-order valence-corrected chi connectivity index (χ1v) is 8.84. The Morgan fingerprint density at radius 3 is 2.43 bits per heavy atom. The minimum absolute atomic E-state index is 0.195. The zero-order valence-corrected chi connectivity index (χ0v) is 14.1. The van der Waals surface area contributed by atoms with E-state index in [1.807, 2.05) is 0 Å². The van der Waals surface area contributed by atoms with Crippen molar-refractivity contribution < 1.29 is 8.42 Å². The summed E-state index contributed by atoms with van der Waals surface area (Å²) in [5.74, 6) is 0.689. The molecule has 4 N–H and O–H groups in total. The molecule has 1 aromatic rings. The van der Waals surface area contributed by atoms with Crippen molar-refractivity contribution in [2.45, 2.75) is 51.0 Å². The Morgan fingerprint density at radius 1 is 1.19 bits per heavy atom. The van der Waals surface area contributed by atoms with E-state index in [1.165, 1.54) is 19.5 Å². The fourth-order valence-corrected chi connectivity index (χ4v) is 3.09. The van der Waals surface area contributed by atoms with Crippen LogP contribution in [0.15, 0.2) is 23.1 Å². The topological polar surface area (TPSA) is 84.2 Å². The van der Waals surface area contributed by atoms with Crippen LogP contribution in [-0.2, 0) is 10.0 Å². The average Bonchev–Trinajstić information content (AvgIpc) is 2.40. The highest BCUT2D eigenvalue weighted by Gasteiger charge is 2.18. The molecule has 21 heavy (non-hydrogen) atoms. The van der Waals surface area contributed by atoms with Gasteiger partial charge in [0.25, 0.3) is 0 Å². The molecule has 0 radical (unpaired) electrons. The summed E-state index contributed by atoms with van der Waals surface area (Å²) >= 11 is 0. The molecule has 0 heterocycles. The first-order chi connectivity index (χ1) is 9.76. The molecular weight excluding hydrogens is 286 g/mol. The molecule has 1 rings (SSSR count). The molecule has 0 fully saturated rings. The van der Waals surface area contributed by atoms with Crippen LogP contribution in [0.3, 0.4) is 0 Å². The van der Waals surface area contributed by atoms with Crippen molar-refractivity contribution >= 4 is 21.4 Å². The summed E-state index contributed by atoms with van der Waals surface area (Å²) in [7, 11) is -2.13. The van der Waals surface area contributed by atoms with Crippen molar-refractivity contribution in [1.29, 1.82) is 0 Å². The molecule has 0 saturated heterocycles. The Kier molecular flexibility index (Phi) is 6.48. The molecule has 0 bridgehead atoms. The van der Waals surface area contributed by atoms with E-state index in [0.717, 1.165) is 12.8 Å². The maximum Gasteiger partial charge on any atom is 0.242 e. The number of nitrogens with two attached hydrogens (primary N) is 1. The van der Waals surface area contributed by atoms with Crippen molar-refractivity contribution in [3.8, 4) is 0 Å². The van der Waals surface area contributed by atoms with E-state index in [-0.39, 0.29) is 10.9 Å². The number of hydrogen-bond acceptors (Lipinski definition) is 4. The van der Waals surface area contributed by atoms with Gasteiger partial charge in [0.1, 0.15) is 4.90 Å². The molecule has 0 aliphatic heterocycles. The SMILES string of the molecule is CNS(=O)(=O)c1cc(N)ccc1NC(C)CCCC(C)C. The van der Waals surface area contributed by atoms with E-state index in [9.17, 15) is 8.42 Å². The molecule has 0 aliphatic carbocycles. The van der Waals surface area contributed by atoms with Crippen molar-refractivity contribution in [1.82, 2.24) is 4.72 Å². The fraction of sp³-hybridized carbons (Fsp3) is 0.600. The number of nitrogens with one attached hydrogen (secondary N) is 2. The first-order valence-electron chi connectivity index (χ1n) is 7.36. The summed E-state index contributed by atoms with van der Waals surface area (Å²) in [6, 6.07) is 5.11. The molecule has 1 aromatic carbocycles. The van der Waals surface area contributed by atoms with Gasteiger partial charge in [-0.2, -0.15) is 0 Å². The van der Waals surface area contributed by atoms with Crippen LogP contribution < -0.4 is 15.8 Å². The number of anilines is 2. The number of nitrogen functional groups attached to an aromatic ring is 1. The van der Waals surface area contributed by atoms with E-state index in [0.29, 0.717) is 17.3 Å². The first kappa shape index (κ1) is 17.8. The van der Waals surface area contributed by atoms with E-state index < -0.39 is 10.0 Å². The normalized spacial score (nSPS) is 13.4. The Labute approximate surface area is 128 Å². The zero-order chi connectivity index (χ0) is 16.0. The van der Waals surface area contributed by atoms with Gasteiger partial charge in [0.05, 0.1) is 5.69 Å². The average molecular weight is 313 g/mol. The maximum atomic E-state index is 12.1. The molecule has 120 valence electrons. The van der Waals surface area contributed by atoms with Crippen molar-refractivity contribution in [2.24, 2.45) is 5.92 Å². The van der Waals surface area contributed by atoms with Gasteiger partial charge in [0.2, 0.25) is 10.0 Å². The highest BCUT2D eigenvalue weighted by molar-refractivity contribution is 7.89. The summed E-state index contributed by atoms with van der Waals surface area (Å²) < 4.78 is 26.4. The summed E-state index contributed by atoms with van der Waals surface area (Å²) in [5.41, 5.74) is 6.73. The smallest absolute Gasteiger partial charge is 0.242 e. The molecule has 0 spiro atoms. The van der Waals surface area contributed by atoms with Gasteiger partial charge < -0.3 is 11.1 Å². The third-order valence-electron chi connectivity index (χ3n) is 3.38. The highest BCUT2D eigenvalue weighted by Crippen LogP contribution is 2.25. The Hall–Kier alpha value is -1.27. The van der Waals surface area contributed by atoms with Crippen molar-refractivity contribution in [3.05, 3.63) is 18.2 Å². The van der Waals surface area contributed by atoms with Crippen LogP contribution >= 0.6 is 0 Å². The summed E-state index contributed by atoms with van der Waals surface area (Å²) in [4.78, 5) is 0.195. The summed E-state index contributed by atoms with van der Waals surface area (Å²) in [6.45, 7) is 6.47. The maximum absolute atomic E-state index is 12.1. The number of hydrogen-bond donors (Lipinski definition) is 3. The van der Waals surface area contributed by atoms with E-state index in [2.05, 4.69) is 30.8 Å². The molecule has 0 aliphatic rings. The quantitative estimate of drug-likeness (QED) is 0.644. The molecule has 0 amide bonds. The second-order valence-corrected chi connectivity index (χ2v) is 7.69. The number of rotatable bonds is 8. The summed E-state index contributed by atoms with van der Waals surface area (Å²) in [5, 5.41) is 3.28. The Morgan fingerprint density at radius 2 is 1.86 bits per heavy atom. The molecule has 0 saturated carbocycles. The summed E-state index contributed by atoms with van der Waals surface area (Å²) in [6.07, 6.45) is 3.30. The second-order valence-electron chi connectivity index (χ2n) is 5.83. The van der Waals surface area contributed by atoms with Crippen molar-refractivity contribution in [3.63, 3.8) is 0 Å². The van der Waals surface area contributed by atoms with Gasteiger partial charge >= 0.3 is 0 Å². The van der Waals surface area contributed by atoms with Crippen LogP contribution in [0.1, 0.15) is 40.0 Å². The lowest BCUT2D eigenvalue weighted by Crippen LogP contribution is -2.23. The van der Waals surface area contributed by atoms with Crippen LogP contribution in [0.25, 0.3) is 0 Å². The van der Waals surface area contributed by atoms with Gasteiger partial charge in [0.15, 0.2) is 0 Å².